The van der Waals surface area contributed by atoms with Crippen LogP contribution in [-0.2, 0) is 6.54 Å². The SMILES string of the molecule is O=c1c2nnn(-c3ccc(Br)cc3)c2ncn1Cc1cccc(Cl)c1. The van der Waals surface area contributed by atoms with Crippen LogP contribution in [0.5, 0.6) is 0 Å². The molecule has 0 amide bonds. The third kappa shape index (κ3) is 3.08. The zero-order valence-electron chi connectivity index (χ0n) is 12.8. The van der Waals surface area contributed by atoms with Crippen LogP contribution in [0, 0.1) is 0 Å². The predicted octanol–water partition coefficient (Wildman–Crippen LogP) is 3.44. The molecular formula is C17H11BrClN5O. The number of rotatable bonds is 3. The lowest BCUT2D eigenvalue weighted by atomic mass is 10.2. The first-order chi connectivity index (χ1) is 12.1. The molecule has 25 heavy (non-hydrogen) atoms. The highest BCUT2D eigenvalue weighted by molar-refractivity contribution is 9.10. The van der Waals surface area contributed by atoms with E-state index in [9.17, 15) is 4.79 Å². The van der Waals surface area contributed by atoms with Crippen LogP contribution < -0.4 is 5.56 Å². The Hall–Kier alpha value is -2.51. The highest BCUT2D eigenvalue weighted by Crippen LogP contribution is 2.16. The Morgan fingerprint density at radius 2 is 1.92 bits per heavy atom. The zero-order chi connectivity index (χ0) is 17.4. The molecule has 0 aliphatic heterocycles. The maximum absolute atomic E-state index is 12.7. The second-order valence-electron chi connectivity index (χ2n) is 5.46. The summed E-state index contributed by atoms with van der Waals surface area (Å²) in [4.78, 5) is 17.1. The highest BCUT2D eigenvalue weighted by Gasteiger charge is 2.13. The second kappa shape index (κ2) is 6.42. The van der Waals surface area contributed by atoms with Gasteiger partial charge in [-0.2, -0.15) is 4.68 Å². The van der Waals surface area contributed by atoms with Crippen LogP contribution >= 0.6 is 27.5 Å². The minimum Gasteiger partial charge on any atom is -0.293 e. The summed E-state index contributed by atoms with van der Waals surface area (Å²) in [7, 11) is 0. The molecule has 4 rings (SSSR count). The second-order valence-corrected chi connectivity index (χ2v) is 6.81. The summed E-state index contributed by atoms with van der Waals surface area (Å²) in [6, 6.07) is 14.9. The van der Waals surface area contributed by atoms with Gasteiger partial charge in [0.1, 0.15) is 6.33 Å². The van der Waals surface area contributed by atoms with Crippen molar-refractivity contribution in [3.63, 3.8) is 0 Å². The average Bonchev–Trinajstić information content (AvgIpc) is 3.03. The van der Waals surface area contributed by atoms with Gasteiger partial charge < -0.3 is 0 Å². The smallest absolute Gasteiger partial charge is 0.283 e. The van der Waals surface area contributed by atoms with Crippen LogP contribution in [0.3, 0.4) is 0 Å². The summed E-state index contributed by atoms with van der Waals surface area (Å²) in [5.41, 5.74) is 2.11. The fraction of sp³-hybridized carbons (Fsp3) is 0.0588. The quantitative estimate of drug-likeness (QED) is 0.513. The van der Waals surface area contributed by atoms with Crippen LogP contribution in [0.1, 0.15) is 5.56 Å². The van der Waals surface area contributed by atoms with Gasteiger partial charge in [-0.1, -0.05) is 44.9 Å². The number of benzene rings is 2. The van der Waals surface area contributed by atoms with E-state index >= 15 is 0 Å². The highest BCUT2D eigenvalue weighted by atomic mass is 79.9. The van der Waals surface area contributed by atoms with Crippen LogP contribution in [0.25, 0.3) is 16.9 Å². The van der Waals surface area contributed by atoms with Crippen molar-refractivity contribution in [1.29, 1.82) is 0 Å². The Morgan fingerprint density at radius 1 is 1.12 bits per heavy atom. The number of hydrogen-bond acceptors (Lipinski definition) is 4. The van der Waals surface area contributed by atoms with Gasteiger partial charge >= 0.3 is 0 Å². The Morgan fingerprint density at radius 3 is 2.68 bits per heavy atom. The summed E-state index contributed by atoms with van der Waals surface area (Å²) in [5.74, 6) is 0. The van der Waals surface area contributed by atoms with Crippen LogP contribution in [0.4, 0.5) is 0 Å². The lowest BCUT2D eigenvalue weighted by Crippen LogP contribution is -2.21. The van der Waals surface area contributed by atoms with Gasteiger partial charge in [-0.25, -0.2) is 4.98 Å². The number of hydrogen-bond donors (Lipinski definition) is 0. The van der Waals surface area contributed by atoms with Gasteiger partial charge in [0.2, 0.25) is 0 Å². The molecule has 0 spiro atoms. The number of aromatic nitrogens is 5. The summed E-state index contributed by atoms with van der Waals surface area (Å²) < 4.78 is 4.00. The summed E-state index contributed by atoms with van der Waals surface area (Å²) in [6.45, 7) is 0.369. The maximum Gasteiger partial charge on any atom is 0.283 e. The van der Waals surface area contributed by atoms with Gasteiger partial charge in [0.15, 0.2) is 11.2 Å². The molecule has 0 N–H and O–H groups in total. The number of fused-ring (bicyclic) bond motifs is 1. The van der Waals surface area contributed by atoms with Gasteiger partial charge in [0.05, 0.1) is 12.2 Å². The Labute approximate surface area is 155 Å². The maximum atomic E-state index is 12.7. The molecule has 2 heterocycles. The van der Waals surface area contributed by atoms with E-state index in [0.29, 0.717) is 17.2 Å². The summed E-state index contributed by atoms with van der Waals surface area (Å²) in [6.07, 6.45) is 1.50. The van der Waals surface area contributed by atoms with Crippen molar-refractivity contribution < 1.29 is 0 Å². The van der Waals surface area contributed by atoms with Crippen molar-refractivity contribution in [3.05, 3.63) is 80.3 Å². The van der Waals surface area contributed by atoms with E-state index in [1.165, 1.54) is 10.9 Å². The molecule has 8 heteroatoms. The zero-order valence-corrected chi connectivity index (χ0v) is 15.1. The fourth-order valence-corrected chi connectivity index (χ4v) is 3.02. The van der Waals surface area contributed by atoms with E-state index in [0.717, 1.165) is 15.7 Å². The van der Waals surface area contributed by atoms with Crippen molar-refractivity contribution in [2.75, 3.05) is 0 Å². The molecule has 0 saturated carbocycles. The Bertz CT molecular complexity index is 1120. The summed E-state index contributed by atoms with van der Waals surface area (Å²) >= 11 is 9.39. The van der Waals surface area contributed by atoms with Gasteiger partial charge in [-0.15, -0.1) is 5.10 Å². The molecule has 0 fully saturated rings. The molecule has 2 aromatic heterocycles. The molecule has 6 nitrogen and oxygen atoms in total. The topological polar surface area (TPSA) is 65.6 Å². The predicted molar refractivity (Wildman–Crippen MR) is 99.2 cm³/mol. The van der Waals surface area contributed by atoms with Crippen LogP contribution in [0.2, 0.25) is 5.02 Å². The van der Waals surface area contributed by atoms with Crippen molar-refractivity contribution in [2.24, 2.45) is 0 Å². The molecule has 0 saturated heterocycles. The molecule has 0 radical (unpaired) electrons. The molecule has 124 valence electrons. The standard InChI is InChI=1S/C17H11BrClN5O/c18-12-4-6-14(7-5-12)24-16-15(21-22-24)17(25)23(10-20-16)9-11-2-1-3-13(19)8-11/h1-8,10H,9H2. The monoisotopic (exact) mass is 415 g/mol. The van der Waals surface area contributed by atoms with Crippen LogP contribution in [0.15, 0.2) is 64.1 Å². The molecule has 0 bridgehead atoms. The minimum atomic E-state index is -0.242. The van der Waals surface area contributed by atoms with E-state index in [2.05, 4.69) is 31.2 Å². The van der Waals surface area contributed by atoms with Crippen molar-refractivity contribution >= 4 is 38.7 Å². The minimum absolute atomic E-state index is 0.229. The van der Waals surface area contributed by atoms with E-state index in [1.807, 2.05) is 42.5 Å². The normalized spacial score (nSPS) is 11.1. The van der Waals surface area contributed by atoms with Gasteiger partial charge in [0, 0.05) is 9.50 Å². The lowest BCUT2D eigenvalue weighted by molar-refractivity contribution is 0.745. The third-order valence-corrected chi connectivity index (χ3v) is 4.51. The first-order valence-corrected chi connectivity index (χ1v) is 8.60. The lowest BCUT2D eigenvalue weighted by Gasteiger charge is -2.06. The summed E-state index contributed by atoms with van der Waals surface area (Å²) in [5, 5.41) is 8.71. The fourth-order valence-electron chi connectivity index (χ4n) is 2.54. The molecule has 0 unspecified atom stereocenters. The van der Waals surface area contributed by atoms with Gasteiger partial charge in [-0.3, -0.25) is 9.36 Å². The molecule has 0 atom stereocenters. The van der Waals surface area contributed by atoms with Gasteiger partial charge in [0.25, 0.3) is 5.56 Å². The van der Waals surface area contributed by atoms with Gasteiger partial charge in [-0.05, 0) is 42.0 Å². The molecule has 0 aliphatic carbocycles. The van der Waals surface area contributed by atoms with E-state index < -0.39 is 0 Å². The number of halogens is 2. The molecule has 0 aliphatic rings. The molecule has 4 aromatic rings. The number of nitrogens with zero attached hydrogens (tertiary/aromatic N) is 5. The first-order valence-electron chi connectivity index (χ1n) is 7.43. The largest absolute Gasteiger partial charge is 0.293 e. The third-order valence-electron chi connectivity index (χ3n) is 3.74. The molecule has 2 aromatic carbocycles. The van der Waals surface area contributed by atoms with E-state index in [-0.39, 0.29) is 11.1 Å². The Kier molecular flexibility index (Phi) is 4.10. The van der Waals surface area contributed by atoms with Crippen molar-refractivity contribution in [2.45, 2.75) is 6.54 Å². The van der Waals surface area contributed by atoms with Crippen molar-refractivity contribution in [3.8, 4) is 5.69 Å². The van der Waals surface area contributed by atoms with Crippen molar-refractivity contribution in [1.82, 2.24) is 24.5 Å². The Balaban J connectivity index is 1.77. The first kappa shape index (κ1) is 16.0. The van der Waals surface area contributed by atoms with E-state index in [4.69, 9.17) is 11.6 Å². The molecular weight excluding hydrogens is 406 g/mol. The van der Waals surface area contributed by atoms with Crippen LogP contribution in [-0.4, -0.2) is 24.5 Å². The van der Waals surface area contributed by atoms with E-state index in [1.54, 1.807) is 10.7 Å². The average molecular weight is 417 g/mol.